The van der Waals surface area contributed by atoms with Crippen LogP contribution in [0, 0.1) is 6.92 Å². The molecule has 5 nitrogen and oxygen atoms in total. The van der Waals surface area contributed by atoms with E-state index in [0.29, 0.717) is 36.9 Å². The maximum Gasteiger partial charge on any atom is 0.319 e. The van der Waals surface area contributed by atoms with E-state index in [1.165, 1.54) is 11.1 Å². The van der Waals surface area contributed by atoms with Gasteiger partial charge in [-0.05, 0) is 24.6 Å². The van der Waals surface area contributed by atoms with Crippen LogP contribution in [0.3, 0.4) is 0 Å². The molecule has 0 saturated carbocycles. The number of nitrogens with one attached hydrogen (secondary N) is 2. The second kappa shape index (κ2) is 7.05. The lowest BCUT2D eigenvalue weighted by atomic mass is 9.84. The van der Waals surface area contributed by atoms with E-state index in [1.807, 2.05) is 0 Å². The minimum absolute atomic E-state index is 0.155. The molecule has 0 radical (unpaired) electrons. The number of hydrogen-bond acceptors (Lipinski definition) is 3. The number of benzene rings is 2. The molecule has 2 aromatic rings. The third kappa shape index (κ3) is 4.24. The molecule has 1 aliphatic heterocycles. The third-order valence-electron chi connectivity index (χ3n) is 4.32. The average molecular weight is 340 g/mol. The minimum Gasteiger partial charge on any atom is -0.486 e. The fraction of sp³-hybridized carbons (Fsp3) is 0.350. The zero-order chi connectivity index (χ0) is 17.9. The van der Waals surface area contributed by atoms with Crippen molar-refractivity contribution >= 4 is 11.7 Å². The smallest absolute Gasteiger partial charge is 0.319 e. The first-order valence-corrected chi connectivity index (χ1v) is 8.46. The number of carbonyl (C=O) groups is 1. The van der Waals surface area contributed by atoms with Gasteiger partial charge in [0.05, 0.1) is 0 Å². The Kier molecular flexibility index (Phi) is 4.83. The molecule has 0 unspecified atom stereocenters. The first-order valence-electron chi connectivity index (χ1n) is 8.46. The van der Waals surface area contributed by atoms with Crippen molar-refractivity contribution in [2.24, 2.45) is 0 Å². The highest BCUT2D eigenvalue weighted by Crippen LogP contribution is 2.32. The maximum absolute atomic E-state index is 12.2. The zero-order valence-electron chi connectivity index (χ0n) is 14.9. The molecule has 0 fully saturated rings. The van der Waals surface area contributed by atoms with Crippen LogP contribution in [-0.2, 0) is 5.41 Å². The van der Waals surface area contributed by atoms with Gasteiger partial charge in [-0.15, -0.1) is 0 Å². The number of hydrogen-bond donors (Lipinski definition) is 2. The van der Waals surface area contributed by atoms with E-state index < -0.39 is 0 Å². The van der Waals surface area contributed by atoms with E-state index in [4.69, 9.17) is 9.47 Å². The third-order valence-corrected chi connectivity index (χ3v) is 4.32. The molecule has 1 aliphatic rings. The molecule has 132 valence electrons. The van der Waals surface area contributed by atoms with Gasteiger partial charge in [-0.1, -0.05) is 43.7 Å². The van der Waals surface area contributed by atoms with Gasteiger partial charge in [-0.25, -0.2) is 4.79 Å². The number of amides is 2. The van der Waals surface area contributed by atoms with Crippen LogP contribution in [0.2, 0.25) is 0 Å². The average Bonchev–Trinajstić information content (AvgIpc) is 2.60. The van der Waals surface area contributed by atoms with Crippen molar-refractivity contribution in [1.29, 1.82) is 0 Å². The van der Waals surface area contributed by atoms with Gasteiger partial charge in [-0.3, -0.25) is 0 Å². The van der Waals surface area contributed by atoms with Crippen molar-refractivity contribution in [3.8, 4) is 11.5 Å². The summed E-state index contributed by atoms with van der Waals surface area (Å²) in [6.07, 6.45) is 0. The minimum atomic E-state index is -0.239. The zero-order valence-corrected chi connectivity index (χ0v) is 14.9. The molecule has 0 saturated heterocycles. The Morgan fingerprint density at radius 1 is 1.04 bits per heavy atom. The largest absolute Gasteiger partial charge is 0.486 e. The topological polar surface area (TPSA) is 59.6 Å². The summed E-state index contributed by atoms with van der Waals surface area (Å²) in [6.45, 7) is 7.90. The lowest BCUT2D eigenvalue weighted by Crippen LogP contribution is -2.39. The molecule has 3 rings (SSSR count). The Balaban J connectivity index is 1.58. The van der Waals surface area contributed by atoms with Crippen LogP contribution in [0.15, 0.2) is 42.5 Å². The van der Waals surface area contributed by atoms with E-state index in [-0.39, 0.29) is 11.4 Å². The summed E-state index contributed by atoms with van der Waals surface area (Å²) < 4.78 is 11.0. The summed E-state index contributed by atoms with van der Waals surface area (Å²) in [5.41, 5.74) is 2.94. The Hall–Kier alpha value is -2.69. The molecular formula is C20H24N2O3. The SMILES string of the molecule is Cc1ccc(C(C)(C)CNC(=O)Nc2ccc3c(c2)OCCO3)cc1. The van der Waals surface area contributed by atoms with Gasteiger partial charge >= 0.3 is 6.03 Å². The molecule has 2 N–H and O–H groups in total. The number of ether oxygens (including phenoxy) is 2. The maximum atomic E-state index is 12.2. The molecule has 0 atom stereocenters. The molecule has 0 bridgehead atoms. The lowest BCUT2D eigenvalue weighted by Gasteiger charge is -2.26. The summed E-state index contributed by atoms with van der Waals surface area (Å²) in [6, 6.07) is 13.5. The summed E-state index contributed by atoms with van der Waals surface area (Å²) in [5.74, 6) is 1.36. The number of carbonyl (C=O) groups excluding carboxylic acids is 1. The van der Waals surface area contributed by atoms with E-state index in [1.54, 1.807) is 18.2 Å². The van der Waals surface area contributed by atoms with Gasteiger partial charge in [0.1, 0.15) is 13.2 Å². The second-order valence-corrected chi connectivity index (χ2v) is 6.92. The quantitative estimate of drug-likeness (QED) is 0.888. The molecule has 25 heavy (non-hydrogen) atoms. The number of anilines is 1. The van der Waals surface area contributed by atoms with Crippen molar-refractivity contribution in [3.63, 3.8) is 0 Å². The Bertz CT molecular complexity index is 754. The van der Waals surface area contributed by atoms with Gasteiger partial charge in [0, 0.05) is 23.7 Å². The van der Waals surface area contributed by atoms with E-state index in [0.717, 1.165) is 0 Å². The van der Waals surface area contributed by atoms with Gasteiger partial charge in [-0.2, -0.15) is 0 Å². The van der Waals surface area contributed by atoms with Crippen LogP contribution >= 0.6 is 0 Å². The molecule has 0 aromatic heterocycles. The van der Waals surface area contributed by atoms with E-state index in [2.05, 4.69) is 55.7 Å². The molecular weight excluding hydrogens is 316 g/mol. The Morgan fingerprint density at radius 2 is 1.72 bits per heavy atom. The monoisotopic (exact) mass is 340 g/mol. The molecule has 1 heterocycles. The summed E-state index contributed by atoms with van der Waals surface area (Å²) >= 11 is 0. The highest BCUT2D eigenvalue weighted by Gasteiger charge is 2.21. The molecule has 2 aromatic carbocycles. The highest BCUT2D eigenvalue weighted by molar-refractivity contribution is 5.89. The molecule has 0 aliphatic carbocycles. The first kappa shape index (κ1) is 17.1. The number of fused-ring (bicyclic) bond motifs is 1. The van der Waals surface area contributed by atoms with Crippen molar-refractivity contribution < 1.29 is 14.3 Å². The Labute approximate surface area is 148 Å². The number of aryl methyl sites for hydroxylation is 1. The van der Waals surface area contributed by atoms with Gasteiger partial charge in [0.25, 0.3) is 0 Å². The fourth-order valence-electron chi connectivity index (χ4n) is 2.70. The summed E-state index contributed by atoms with van der Waals surface area (Å²) in [7, 11) is 0. The number of urea groups is 1. The standard InChI is InChI=1S/C20H24N2O3/c1-14-4-6-15(7-5-14)20(2,3)13-21-19(23)22-16-8-9-17-18(12-16)25-11-10-24-17/h4-9,12H,10-11,13H2,1-3H3,(H2,21,22,23). The molecule has 2 amide bonds. The highest BCUT2D eigenvalue weighted by atomic mass is 16.6. The van der Waals surface area contributed by atoms with Crippen molar-refractivity contribution in [2.45, 2.75) is 26.2 Å². The predicted molar refractivity (Wildman–Crippen MR) is 98.7 cm³/mol. The first-order chi connectivity index (χ1) is 11.9. The van der Waals surface area contributed by atoms with Crippen LogP contribution < -0.4 is 20.1 Å². The van der Waals surface area contributed by atoms with Crippen LogP contribution in [0.25, 0.3) is 0 Å². The summed E-state index contributed by atoms with van der Waals surface area (Å²) in [4.78, 5) is 12.2. The lowest BCUT2D eigenvalue weighted by molar-refractivity contribution is 0.171. The second-order valence-electron chi connectivity index (χ2n) is 6.92. The van der Waals surface area contributed by atoms with E-state index >= 15 is 0 Å². The van der Waals surface area contributed by atoms with Gasteiger partial charge < -0.3 is 20.1 Å². The van der Waals surface area contributed by atoms with Crippen LogP contribution in [0.1, 0.15) is 25.0 Å². The van der Waals surface area contributed by atoms with E-state index in [9.17, 15) is 4.79 Å². The number of rotatable bonds is 4. The van der Waals surface area contributed by atoms with Crippen molar-refractivity contribution in [2.75, 3.05) is 25.1 Å². The predicted octanol–water partition coefficient (Wildman–Crippen LogP) is 3.87. The van der Waals surface area contributed by atoms with Crippen LogP contribution in [0.4, 0.5) is 10.5 Å². The van der Waals surface area contributed by atoms with Crippen molar-refractivity contribution in [1.82, 2.24) is 5.32 Å². The van der Waals surface area contributed by atoms with Gasteiger partial charge in [0.15, 0.2) is 11.5 Å². The normalized spacial score (nSPS) is 13.2. The van der Waals surface area contributed by atoms with Gasteiger partial charge in [0.2, 0.25) is 0 Å². The van der Waals surface area contributed by atoms with Crippen LogP contribution in [-0.4, -0.2) is 25.8 Å². The van der Waals surface area contributed by atoms with Crippen LogP contribution in [0.5, 0.6) is 11.5 Å². The summed E-state index contributed by atoms with van der Waals surface area (Å²) in [5, 5.41) is 5.78. The fourth-order valence-corrected chi connectivity index (χ4v) is 2.70. The molecule has 5 heteroatoms. The molecule has 0 spiro atoms. The Morgan fingerprint density at radius 3 is 2.44 bits per heavy atom. The van der Waals surface area contributed by atoms with Crippen molar-refractivity contribution in [3.05, 3.63) is 53.6 Å².